The van der Waals surface area contributed by atoms with E-state index in [-0.39, 0.29) is 29.0 Å². The van der Waals surface area contributed by atoms with E-state index in [2.05, 4.69) is 27.7 Å². The van der Waals surface area contributed by atoms with E-state index in [9.17, 15) is 9.90 Å². The lowest BCUT2D eigenvalue weighted by Crippen LogP contribution is -2.64. The van der Waals surface area contributed by atoms with Crippen LogP contribution >= 0.6 is 0 Å². The van der Waals surface area contributed by atoms with E-state index < -0.39 is 0 Å². The van der Waals surface area contributed by atoms with Crippen molar-refractivity contribution in [2.75, 3.05) is 0 Å². The minimum absolute atomic E-state index is 0.00903. The van der Waals surface area contributed by atoms with Crippen LogP contribution in [-0.2, 0) is 9.53 Å². The lowest BCUT2D eigenvalue weighted by molar-refractivity contribution is -0.231. The SMILES string of the molecule is CC(=O)O[C@H]1C[C@H]2C(C)(C)CCC[C@]2(C)[C@@]23CC[C@](C)(C2)[C@@H](O)C[C@H]13. The Bertz CT molecular complexity index is 584. The Hall–Kier alpha value is -0.570. The van der Waals surface area contributed by atoms with E-state index in [4.69, 9.17) is 4.74 Å². The van der Waals surface area contributed by atoms with E-state index in [0.29, 0.717) is 22.7 Å². The Balaban J connectivity index is 1.82. The van der Waals surface area contributed by atoms with Crippen LogP contribution < -0.4 is 0 Å². The summed E-state index contributed by atoms with van der Waals surface area (Å²) in [7, 11) is 0. The summed E-state index contributed by atoms with van der Waals surface area (Å²) in [5, 5.41) is 10.9. The molecule has 0 unspecified atom stereocenters. The van der Waals surface area contributed by atoms with Crippen LogP contribution in [0.25, 0.3) is 0 Å². The maximum Gasteiger partial charge on any atom is 0.302 e. The Morgan fingerprint density at radius 3 is 2.44 bits per heavy atom. The molecule has 4 aliphatic rings. The third-order valence-electron chi connectivity index (χ3n) is 9.45. The Labute approximate surface area is 152 Å². The van der Waals surface area contributed by atoms with Gasteiger partial charge in [-0.3, -0.25) is 4.79 Å². The number of ether oxygens (including phenoxy) is 1. The number of carbonyl (C=O) groups is 1. The zero-order valence-electron chi connectivity index (χ0n) is 16.7. The molecule has 0 aromatic carbocycles. The molecule has 4 aliphatic carbocycles. The standard InChI is InChI=1S/C22H36O3/c1-14(23)25-16-12-17-19(2,3)7-6-8-21(17,5)22-10-9-20(4,13-22)18(24)11-15(16)22/h15-18,24H,6-13H2,1-5H3/t15-,16+,17+,18+,20-,21+,22+/m1/s1. The molecular weight excluding hydrogens is 312 g/mol. The second-order valence-corrected chi connectivity index (χ2v) is 11.0. The van der Waals surface area contributed by atoms with Crippen molar-refractivity contribution in [1.29, 1.82) is 0 Å². The number of hydrogen-bond acceptors (Lipinski definition) is 3. The molecule has 0 saturated heterocycles. The summed E-state index contributed by atoms with van der Waals surface area (Å²) in [5.74, 6) is 0.780. The first-order valence-electron chi connectivity index (χ1n) is 10.4. The quantitative estimate of drug-likeness (QED) is 0.698. The summed E-state index contributed by atoms with van der Waals surface area (Å²) in [5.41, 5.74) is 0.916. The summed E-state index contributed by atoms with van der Waals surface area (Å²) >= 11 is 0. The highest BCUT2D eigenvalue weighted by atomic mass is 16.5. The van der Waals surface area contributed by atoms with Gasteiger partial charge in [0, 0.05) is 12.8 Å². The fourth-order valence-electron chi connectivity index (χ4n) is 8.21. The monoisotopic (exact) mass is 348 g/mol. The molecule has 7 atom stereocenters. The lowest BCUT2D eigenvalue weighted by Gasteiger charge is -2.68. The average molecular weight is 349 g/mol. The number of fused-ring (bicyclic) bond motifs is 2. The number of hydrogen-bond donors (Lipinski definition) is 1. The van der Waals surface area contributed by atoms with Crippen LogP contribution in [-0.4, -0.2) is 23.3 Å². The highest BCUT2D eigenvalue weighted by molar-refractivity contribution is 5.66. The summed E-state index contributed by atoms with van der Waals surface area (Å²) in [6.07, 6.45) is 8.88. The van der Waals surface area contributed by atoms with Crippen molar-refractivity contribution >= 4 is 5.97 Å². The molecule has 0 aliphatic heterocycles. The molecule has 142 valence electrons. The van der Waals surface area contributed by atoms with Gasteiger partial charge in [0.2, 0.25) is 0 Å². The molecule has 3 heteroatoms. The van der Waals surface area contributed by atoms with Gasteiger partial charge in [0.15, 0.2) is 0 Å². The second-order valence-electron chi connectivity index (χ2n) is 11.0. The summed E-state index contributed by atoms with van der Waals surface area (Å²) in [6.45, 7) is 11.3. The fourth-order valence-corrected chi connectivity index (χ4v) is 8.21. The van der Waals surface area contributed by atoms with Gasteiger partial charge in [-0.2, -0.15) is 0 Å². The third kappa shape index (κ3) is 2.23. The zero-order valence-corrected chi connectivity index (χ0v) is 16.7. The van der Waals surface area contributed by atoms with Crippen LogP contribution in [0.5, 0.6) is 0 Å². The summed E-state index contributed by atoms with van der Waals surface area (Å²) < 4.78 is 5.92. The smallest absolute Gasteiger partial charge is 0.302 e. The molecule has 0 amide bonds. The van der Waals surface area contributed by atoms with Crippen molar-refractivity contribution in [2.45, 2.75) is 98.2 Å². The first-order valence-corrected chi connectivity index (χ1v) is 10.4. The topological polar surface area (TPSA) is 46.5 Å². The second kappa shape index (κ2) is 5.24. The largest absolute Gasteiger partial charge is 0.462 e. The molecule has 0 aromatic heterocycles. The molecule has 4 rings (SSSR count). The van der Waals surface area contributed by atoms with E-state index in [1.165, 1.54) is 25.7 Å². The highest BCUT2D eigenvalue weighted by Gasteiger charge is 2.71. The predicted molar refractivity (Wildman–Crippen MR) is 97.9 cm³/mol. The van der Waals surface area contributed by atoms with Crippen molar-refractivity contribution in [3.8, 4) is 0 Å². The van der Waals surface area contributed by atoms with Crippen molar-refractivity contribution in [3.63, 3.8) is 0 Å². The molecule has 0 heterocycles. The van der Waals surface area contributed by atoms with Crippen LogP contribution in [0, 0.1) is 33.5 Å². The van der Waals surface area contributed by atoms with Crippen LogP contribution in [0.3, 0.4) is 0 Å². The Kier molecular flexibility index (Phi) is 3.74. The van der Waals surface area contributed by atoms with Gasteiger partial charge in [-0.05, 0) is 72.5 Å². The fraction of sp³-hybridized carbons (Fsp3) is 0.955. The van der Waals surface area contributed by atoms with Crippen molar-refractivity contribution in [1.82, 2.24) is 0 Å². The predicted octanol–water partition coefficient (Wildman–Crippen LogP) is 4.71. The molecule has 25 heavy (non-hydrogen) atoms. The molecule has 1 N–H and O–H groups in total. The summed E-state index contributed by atoms with van der Waals surface area (Å²) in [6, 6.07) is 0. The van der Waals surface area contributed by atoms with Crippen LogP contribution in [0.1, 0.15) is 86.0 Å². The van der Waals surface area contributed by atoms with Gasteiger partial charge < -0.3 is 9.84 Å². The first kappa shape index (κ1) is 17.8. The molecule has 0 radical (unpaired) electrons. The van der Waals surface area contributed by atoms with Crippen molar-refractivity contribution in [3.05, 3.63) is 0 Å². The van der Waals surface area contributed by atoms with Gasteiger partial charge in [0.1, 0.15) is 6.10 Å². The molecule has 3 nitrogen and oxygen atoms in total. The normalized spacial score (nSPS) is 53.7. The number of aliphatic hydroxyl groups excluding tert-OH is 1. The van der Waals surface area contributed by atoms with E-state index >= 15 is 0 Å². The van der Waals surface area contributed by atoms with E-state index in [0.717, 1.165) is 25.7 Å². The van der Waals surface area contributed by atoms with Gasteiger partial charge in [-0.25, -0.2) is 0 Å². The molecule has 4 fully saturated rings. The first-order chi connectivity index (χ1) is 11.5. The van der Waals surface area contributed by atoms with Gasteiger partial charge in [-0.1, -0.05) is 34.1 Å². The van der Waals surface area contributed by atoms with Gasteiger partial charge in [-0.15, -0.1) is 0 Å². The van der Waals surface area contributed by atoms with Crippen molar-refractivity contribution < 1.29 is 14.6 Å². The van der Waals surface area contributed by atoms with Crippen LogP contribution in [0.4, 0.5) is 0 Å². The minimum Gasteiger partial charge on any atom is -0.462 e. The molecular formula is C22H36O3. The number of carbonyl (C=O) groups excluding carboxylic acids is 1. The highest BCUT2D eigenvalue weighted by Crippen LogP contribution is 2.76. The van der Waals surface area contributed by atoms with Crippen molar-refractivity contribution in [2.24, 2.45) is 33.5 Å². The number of esters is 1. The molecule has 4 saturated carbocycles. The third-order valence-corrected chi connectivity index (χ3v) is 9.45. The minimum atomic E-state index is -0.247. The van der Waals surface area contributed by atoms with Gasteiger partial charge in [0.05, 0.1) is 6.10 Å². The molecule has 2 bridgehead atoms. The van der Waals surface area contributed by atoms with Gasteiger partial charge in [0.25, 0.3) is 0 Å². The number of rotatable bonds is 1. The maximum atomic E-state index is 11.9. The van der Waals surface area contributed by atoms with Crippen LogP contribution in [0.15, 0.2) is 0 Å². The van der Waals surface area contributed by atoms with Crippen LogP contribution in [0.2, 0.25) is 0 Å². The Morgan fingerprint density at radius 1 is 1.04 bits per heavy atom. The van der Waals surface area contributed by atoms with Gasteiger partial charge >= 0.3 is 5.97 Å². The molecule has 0 aromatic rings. The molecule has 1 spiro atoms. The average Bonchev–Trinajstić information content (AvgIpc) is 2.81. The summed E-state index contributed by atoms with van der Waals surface area (Å²) in [4.78, 5) is 11.9. The van der Waals surface area contributed by atoms with E-state index in [1.807, 2.05) is 0 Å². The number of aliphatic hydroxyl groups is 1. The van der Waals surface area contributed by atoms with E-state index in [1.54, 1.807) is 6.92 Å². The maximum absolute atomic E-state index is 11.9. The lowest BCUT2D eigenvalue weighted by atomic mass is 9.37. The Morgan fingerprint density at radius 2 is 1.76 bits per heavy atom. The zero-order chi connectivity index (χ0) is 18.3.